The van der Waals surface area contributed by atoms with E-state index in [0.717, 1.165) is 16.8 Å². The number of thioether (sulfide) groups is 1. The first-order chi connectivity index (χ1) is 12.0. The van der Waals surface area contributed by atoms with E-state index in [1.165, 1.54) is 5.56 Å². The summed E-state index contributed by atoms with van der Waals surface area (Å²) < 4.78 is 5.05. The molecule has 2 aromatic carbocycles. The van der Waals surface area contributed by atoms with Crippen molar-refractivity contribution >= 4 is 29.3 Å². The van der Waals surface area contributed by atoms with Crippen LogP contribution in [0.3, 0.4) is 0 Å². The molecule has 1 atom stereocenters. The number of amides is 1. The molecule has 0 saturated carbocycles. The van der Waals surface area contributed by atoms with Gasteiger partial charge in [-0.25, -0.2) is 4.79 Å². The Hall–Kier alpha value is -2.27. The fourth-order valence-electron chi connectivity index (χ4n) is 2.93. The van der Waals surface area contributed by atoms with E-state index in [9.17, 15) is 9.59 Å². The second-order valence-electron chi connectivity index (χ2n) is 6.06. The van der Waals surface area contributed by atoms with Gasteiger partial charge in [-0.3, -0.25) is 9.69 Å². The van der Waals surface area contributed by atoms with Crippen molar-refractivity contribution in [1.29, 1.82) is 0 Å². The first-order valence-electron chi connectivity index (χ1n) is 8.29. The molecule has 4 nitrogen and oxygen atoms in total. The van der Waals surface area contributed by atoms with Crippen LogP contribution < -0.4 is 4.90 Å². The van der Waals surface area contributed by atoms with E-state index in [0.29, 0.717) is 17.9 Å². The standard InChI is InChI=1S/C20H21NO3S/c1-4-24-20(23)16-9-10-17(14(3)11-16)21-18(22)12-25-19(21)15-7-5-13(2)6-8-15/h5-11,19H,4,12H2,1-3H3. The third-order valence-corrected chi connectivity index (χ3v) is 5.41. The van der Waals surface area contributed by atoms with Gasteiger partial charge in [0.05, 0.1) is 17.9 Å². The third-order valence-electron chi connectivity index (χ3n) is 4.20. The van der Waals surface area contributed by atoms with Crippen molar-refractivity contribution in [2.75, 3.05) is 17.3 Å². The largest absolute Gasteiger partial charge is 0.462 e. The lowest BCUT2D eigenvalue weighted by molar-refractivity contribution is -0.115. The molecule has 0 aromatic heterocycles. The zero-order valence-electron chi connectivity index (χ0n) is 14.6. The minimum absolute atomic E-state index is 0.0414. The summed E-state index contributed by atoms with van der Waals surface area (Å²) in [5, 5.41) is -0.0414. The Labute approximate surface area is 152 Å². The number of hydrogen-bond acceptors (Lipinski definition) is 4. The molecule has 1 fully saturated rings. The summed E-state index contributed by atoms with van der Waals surface area (Å²) in [5.74, 6) is 0.203. The molecule has 0 bridgehead atoms. The smallest absolute Gasteiger partial charge is 0.338 e. The van der Waals surface area contributed by atoms with Gasteiger partial charge in [0.15, 0.2) is 0 Å². The maximum atomic E-state index is 12.5. The maximum Gasteiger partial charge on any atom is 0.338 e. The fourth-order valence-corrected chi connectivity index (χ4v) is 4.10. The number of carbonyl (C=O) groups excluding carboxylic acids is 2. The molecule has 0 aliphatic carbocycles. The van der Waals surface area contributed by atoms with Gasteiger partial charge in [-0.2, -0.15) is 0 Å². The topological polar surface area (TPSA) is 46.6 Å². The van der Waals surface area contributed by atoms with Crippen LogP contribution in [-0.2, 0) is 9.53 Å². The number of esters is 1. The van der Waals surface area contributed by atoms with Gasteiger partial charge >= 0.3 is 5.97 Å². The van der Waals surface area contributed by atoms with Crippen molar-refractivity contribution in [2.24, 2.45) is 0 Å². The highest BCUT2D eigenvalue weighted by molar-refractivity contribution is 8.00. The molecule has 1 aliphatic rings. The van der Waals surface area contributed by atoms with Crippen molar-refractivity contribution in [3.8, 4) is 0 Å². The average molecular weight is 355 g/mol. The van der Waals surface area contributed by atoms with Crippen molar-refractivity contribution in [1.82, 2.24) is 0 Å². The van der Waals surface area contributed by atoms with Gasteiger partial charge in [0.2, 0.25) is 5.91 Å². The minimum Gasteiger partial charge on any atom is -0.462 e. The van der Waals surface area contributed by atoms with Crippen LogP contribution in [0.4, 0.5) is 5.69 Å². The van der Waals surface area contributed by atoms with Crippen LogP contribution in [0.25, 0.3) is 0 Å². The Morgan fingerprint density at radius 3 is 2.56 bits per heavy atom. The summed E-state index contributed by atoms with van der Waals surface area (Å²) in [6.07, 6.45) is 0. The first-order valence-corrected chi connectivity index (χ1v) is 9.34. The van der Waals surface area contributed by atoms with Crippen LogP contribution in [0.15, 0.2) is 42.5 Å². The molecule has 1 heterocycles. The van der Waals surface area contributed by atoms with Crippen LogP contribution in [0.1, 0.15) is 39.3 Å². The molecule has 1 amide bonds. The van der Waals surface area contributed by atoms with E-state index in [1.807, 2.05) is 24.8 Å². The van der Waals surface area contributed by atoms with E-state index in [4.69, 9.17) is 4.74 Å². The summed E-state index contributed by atoms with van der Waals surface area (Å²) in [7, 11) is 0. The summed E-state index contributed by atoms with van der Waals surface area (Å²) in [5.41, 5.74) is 4.54. The number of benzene rings is 2. The van der Waals surface area contributed by atoms with E-state index < -0.39 is 0 Å². The molecule has 0 N–H and O–H groups in total. The van der Waals surface area contributed by atoms with Crippen molar-refractivity contribution in [3.05, 3.63) is 64.7 Å². The number of ether oxygens (including phenoxy) is 1. The second-order valence-corrected chi connectivity index (χ2v) is 7.13. The Kier molecular flexibility index (Phi) is 5.13. The molecule has 0 spiro atoms. The zero-order valence-corrected chi connectivity index (χ0v) is 15.4. The highest BCUT2D eigenvalue weighted by Gasteiger charge is 2.34. The Morgan fingerprint density at radius 1 is 1.20 bits per heavy atom. The summed E-state index contributed by atoms with van der Waals surface area (Å²) in [6.45, 7) is 6.09. The van der Waals surface area contributed by atoms with Gasteiger partial charge in [-0.05, 0) is 50.1 Å². The van der Waals surface area contributed by atoms with Gasteiger partial charge < -0.3 is 4.74 Å². The number of nitrogens with zero attached hydrogens (tertiary/aromatic N) is 1. The summed E-state index contributed by atoms with van der Waals surface area (Å²) in [6, 6.07) is 13.6. The normalized spacial score (nSPS) is 17.0. The predicted molar refractivity (Wildman–Crippen MR) is 101 cm³/mol. The lowest BCUT2D eigenvalue weighted by Gasteiger charge is -2.26. The van der Waals surface area contributed by atoms with Crippen molar-refractivity contribution < 1.29 is 14.3 Å². The Bertz CT molecular complexity index is 801. The van der Waals surface area contributed by atoms with Crippen LogP contribution in [0.5, 0.6) is 0 Å². The van der Waals surface area contributed by atoms with Crippen LogP contribution in [-0.4, -0.2) is 24.2 Å². The highest BCUT2D eigenvalue weighted by Crippen LogP contribution is 2.42. The lowest BCUT2D eigenvalue weighted by Crippen LogP contribution is -2.28. The number of carbonyl (C=O) groups is 2. The zero-order chi connectivity index (χ0) is 18.0. The third kappa shape index (κ3) is 3.56. The molecule has 3 rings (SSSR count). The molecule has 1 unspecified atom stereocenters. The number of anilines is 1. The van der Waals surface area contributed by atoms with Gasteiger partial charge in [0, 0.05) is 5.69 Å². The van der Waals surface area contributed by atoms with Crippen molar-refractivity contribution in [3.63, 3.8) is 0 Å². The van der Waals surface area contributed by atoms with Crippen molar-refractivity contribution in [2.45, 2.75) is 26.1 Å². The monoisotopic (exact) mass is 355 g/mol. The van der Waals surface area contributed by atoms with Gasteiger partial charge in [0.25, 0.3) is 0 Å². The molecule has 1 saturated heterocycles. The van der Waals surface area contributed by atoms with Gasteiger partial charge in [-0.1, -0.05) is 29.8 Å². The van der Waals surface area contributed by atoms with Gasteiger partial charge in [0.1, 0.15) is 5.37 Å². The van der Waals surface area contributed by atoms with E-state index >= 15 is 0 Å². The Balaban J connectivity index is 1.94. The van der Waals surface area contributed by atoms with E-state index in [1.54, 1.807) is 30.8 Å². The number of rotatable bonds is 4. The molecular weight excluding hydrogens is 334 g/mol. The van der Waals surface area contributed by atoms with Crippen LogP contribution in [0.2, 0.25) is 0 Å². The molecule has 5 heteroatoms. The molecule has 25 heavy (non-hydrogen) atoms. The average Bonchev–Trinajstić information content (AvgIpc) is 2.97. The summed E-state index contributed by atoms with van der Waals surface area (Å²) >= 11 is 1.62. The highest BCUT2D eigenvalue weighted by atomic mass is 32.2. The Morgan fingerprint density at radius 2 is 1.92 bits per heavy atom. The second kappa shape index (κ2) is 7.31. The number of aryl methyl sites for hydroxylation is 2. The van der Waals surface area contributed by atoms with E-state index in [2.05, 4.69) is 24.3 Å². The molecular formula is C20H21NO3S. The van der Waals surface area contributed by atoms with Crippen LogP contribution in [0, 0.1) is 13.8 Å². The first kappa shape index (κ1) is 17.5. The molecule has 1 aliphatic heterocycles. The van der Waals surface area contributed by atoms with Crippen LogP contribution >= 0.6 is 11.8 Å². The SMILES string of the molecule is CCOC(=O)c1ccc(N2C(=O)CSC2c2ccc(C)cc2)c(C)c1. The molecule has 2 aromatic rings. The molecule has 0 radical (unpaired) electrons. The molecule has 130 valence electrons. The summed E-state index contributed by atoms with van der Waals surface area (Å²) in [4.78, 5) is 26.2. The van der Waals surface area contributed by atoms with E-state index in [-0.39, 0.29) is 17.3 Å². The fraction of sp³-hybridized carbons (Fsp3) is 0.300. The predicted octanol–water partition coefficient (Wildman–Crippen LogP) is 4.26. The quantitative estimate of drug-likeness (QED) is 0.769. The minimum atomic E-state index is -0.339. The number of hydrogen-bond donors (Lipinski definition) is 0. The lowest BCUT2D eigenvalue weighted by atomic mass is 10.1. The maximum absolute atomic E-state index is 12.5. The van der Waals surface area contributed by atoms with Gasteiger partial charge in [-0.15, -0.1) is 11.8 Å².